The number of nitrogens with one attached hydrogen (secondary N) is 1. The molecule has 0 fully saturated rings. The molecule has 0 unspecified atom stereocenters. The van der Waals surface area contributed by atoms with Crippen molar-refractivity contribution in [3.63, 3.8) is 0 Å². The van der Waals surface area contributed by atoms with Crippen LogP contribution in [0.25, 0.3) is 11.1 Å². The lowest BCUT2D eigenvalue weighted by atomic mass is 10.0. The van der Waals surface area contributed by atoms with Gasteiger partial charge in [0.05, 0.1) is 18.8 Å². The van der Waals surface area contributed by atoms with Gasteiger partial charge in [0.1, 0.15) is 17.2 Å². The summed E-state index contributed by atoms with van der Waals surface area (Å²) in [7, 11) is 0. The summed E-state index contributed by atoms with van der Waals surface area (Å²) >= 11 is 0. The highest BCUT2D eigenvalue weighted by Gasteiger charge is 2.23. The van der Waals surface area contributed by atoms with Crippen molar-refractivity contribution in [3.8, 4) is 22.6 Å². The minimum Gasteiger partial charge on any atom is -0.493 e. The largest absolute Gasteiger partial charge is 0.493 e. The van der Waals surface area contributed by atoms with Crippen molar-refractivity contribution in [1.82, 2.24) is 10.2 Å². The molecule has 1 aromatic heterocycles. The Balaban J connectivity index is 2.59. The van der Waals surface area contributed by atoms with Crippen LogP contribution in [-0.4, -0.2) is 23.4 Å². The third-order valence-corrected chi connectivity index (χ3v) is 2.67. The van der Waals surface area contributed by atoms with Crippen LogP contribution >= 0.6 is 0 Å². The standard InChI is InChI=1S/C14H15F2N2O2/c1-3-19-10-6-5-7-11(20-4-2)12(10)9-8-17-18-13(9)14(15)16/h6-8,14H,3-4H2,1-2H3,(H,17,18). The van der Waals surface area contributed by atoms with Gasteiger partial charge in [-0.05, 0) is 32.0 Å². The molecule has 6 heteroatoms. The molecule has 2 aromatic rings. The third kappa shape index (κ3) is 2.74. The highest BCUT2D eigenvalue weighted by molar-refractivity contribution is 5.78. The zero-order valence-corrected chi connectivity index (χ0v) is 11.2. The summed E-state index contributed by atoms with van der Waals surface area (Å²) in [6.07, 6.45) is -1.26. The lowest BCUT2D eigenvalue weighted by molar-refractivity contribution is 0.146. The second kappa shape index (κ2) is 6.36. The molecule has 1 heterocycles. The number of hydrogen-bond acceptors (Lipinski definition) is 3. The molecule has 4 nitrogen and oxygen atoms in total. The number of H-pyrrole nitrogens is 1. The van der Waals surface area contributed by atoms with Crippen molar-refractivity contribution in [2.45, 2.75) is 20.3 Å². The number of ether oxygens (including phenoxy) is 2. The summed E-state index contributed by atoms with van der Waals surface area (Å²) in [5.41, 5.74) is 0.426. The van der Waals surface area contributed by atoms with Crippen LogP contribution < -0.4 is 9.47 Å². The van der Waals surface area contributed by atoms with Gasteiger partial charge in [-0.25, -0.2) is 8.78 Å². The number of hydrogen-bond donors (Lipinski definition) is 1. The molecule has 107 valence electrons. The molecule has 0 amide bonds. The minimum atomic E-state index is -2.68. The number of halogens is 2. The molecule has 0 aliphatic rings. The summed E-state index contributed by atoms with van der Waals surface area (Å²) in [4.78, 5) is 0. The normalized spacial score (nSPS) is 10.8. The van der Waals surface area contributed by atoms with E-state index in [4.69, 9.17) is 9.47 Å². The van der Waals surface area contributed by atoms with E-state index >= 15 is 0 Å². The average Bonchev–Trinajstić information content (AvgIpc) is 2.89. The molecule has 0 atom stereocenters. The van der Waals surface area contributed by atoms with Crippen LogP contribution in [-0.2, 0) is 0 Å². The van der Waals surface area contributed by atoms with Crippen LogP contribution in [0.15, 0.2) is 18.3 Å². The second-order valence-electron chi connectivity index (χ2n) is 3.91. The smallest absolute Gasteiger partial charge is 0.282 e. The van der Waals surface area contributed by atoms with Gasteiger partial charge in [0.25, 0.3) is 6.43 Å². The Kier molecular flexibility index (Phi) is 4.55. The summed E-state index contributed by atoms with van der Waals surface area (Å²) in [6.45, 7) is 4.47. The maximum Gasteiger partial charge on any atom is 0.282 e. The van der Waals surface area contributed by atoms with Gasteiger partial charge in [0.15, 0.2) is 0 Å². The number of aromatic nitrogens is 2. The number of alkyl halides is 2. The van der Waals surface area contributed by atoms with Crippen molar-refractivity contribution in [3.05, 3.63) is 30.1 Å². The van der Waals surface area contributed by atoms with E-state index in [0.717, 1.165) is 0 Å². The van der Waals surface area contributed by atoms with Crippen LogP contribution in [0.4, 0.5) is 8.78 Å². The summed E-state index contributed by atoms with van der Waals surface area (Å²) < 4.78 is 37.0. The van der Waals surface area contributed by atoms with Gasteiger partial charge >= 0.3 is 0 Å². The molecule has 1 radical (unpaired) electrons. The fourth-order valence-electron chi connectivity index (χ4n) is 1.93. The second-order valence-corrected chi connectivity index (χ2v) is 3.91. The molecule has 20 heavy (non-hydrogen) atoms. The quantitative estimate of drug-likeness (QED) is 0.879. The summed E-state index contributed by atoms with van der Waals surface area (Å²) in [6, 6.07) is 6.08. The first-order valence-electron chi connectivity index (χ1n) is 6.30. The van der Waals surface area contributed by atoms with Crippen molar-refractivity contribution < 1.29 is 18.3 Å². The fourth-order valence-corrected chi connectivity index (χ4v) is 1.93. The predicted molar refractivity (Wildman–Crippen MR) is 70.2 cm³/mol. The molecule has 1 aromatic carbocycles. The Hall–Kier alpha value is -2.11. The van der Waals surface area contributed by atoms with Crippen LogP contribution in [0.3, 0.4) is 0 Å². The van der Waals surface area contributed by atoms with E-state index in [1.807, 2.05) is 13.8 Å². The lowest BCUT2D eigenvalue weighted by Crippen LogP contribution is -2.00. The van der Waals surface area contributed by atoms with Gasteiger partial charge in [-0.2, -0.15) is 5.10 Å². The molecule has 0 aliphatic carbocycles. The maximum atomic E-state index is 13.0. The zero-order valence-electron chi connectivity index (χ0n) is 11.2. The van der Waals surface area contributed by atoms with Gasteiger partial charge in [0.2, 0.25) is 0 Å². The van der Waals surface area contributed by atoms with E-state index in [0.29, 0.717) is 30.3 Å². The van der Waals surface area contributed by atoms with E-state index in [2.05, 4.69) is 16.3 Å². The first kappa shape index (κ1) is 14.3. The zero-order chi connectivity index (χ0) is 14.5. The number of aromatic amines is 1. The van der Waals surface area contributed by atoms with E-state index in [9.17, 15) is 8.78 Å². The SMILES string of the molecule is CCOc1c[c]cc(OCC)c1-c1c[nH]nc1C(F)F. The number of benzene rings is 1. The fraction of sp³-hybridized carbons (Fsp3) is 0.357. The first-order chi connectivity index (χ1) is 9.69. The van der Waals surface area contributed by atoms with Gasteiger partial charge < -0.3 is 9.47 Å². The average molecular weight is 281 g/mol. The van der Waals surface area contributed by atoms with Gasteiger partial charge in [-0.1, -0.05) is 0 Å². The van der Waals surface area contributed by atoms with Gasteiger partial charge in [-0.3, -0.25) is 5.10 Å². The molecule has 0 spiro atoms. The van der Waals surface area contributed by atoms with Crippen LogP contribution in [0.5, 0.6) is 11.5 Å². The molecular formula is C14H15F2N2O2. The van der Waals surface area contributed by atoms with E-state index in [1.54, 1.807) is 12.1 Å². The Morgan fingerprint density at radius 2 is 1.80 bits per heavy atom. The highest BCUT2D eigenvalue weighted by atomic mass is 19.3. The number of nitrogens with zero attached hydrogens (tertiary/aromatic N) is 1. The third-order valence-electron chi connectivity index (χ3n) is 2.67. The Bertz CT molecular complexity index is 546. The maximum absolute atomic E-state index is 13.0. The lowest BCUT2D eigenvalue weighted by Gasteiger charge is -2.14. The van der Waals surface area contributed by atoms with Crippen LogP contribution in [0.1, 0.15) is 26.0 Å². The van der Waals surface area contributed by atoms with Crippen molar-refractivity contribution in [1.29, 1.82) is 0 Å². The highest BCUT2D eigenvalue weighted by Crippen LogP contribution is 2.41. The molecule has 1 N–H and O–H groups in total. The predicted octanol–water partition coefficient (Wildman–Crippen LogP) is 3.61. The van der Waals surface area contributed by atoms with Crippen molar-refractivity contribution in [2.24, 2.45) is 0 Å². The monoisotopic (exact) mass is 281 g/mol. The molecule has 0 saturated heterocycles. The van der Waals surface area contributed by atoms with Gasteiger partial charge in [-0.15, -0.1) is 0 Å². The summed E-state index contributed by atoms with van der Waals surface area (Å²) in [5, 5.41) is 6.06. The van der Waals surface area contributed by atoms with Gasteiger partial charge in [0, 0.05) is 11.8 Å². The van der Waals surface area contributed by atoms with Crippen molar-refractivity contribution >= 4 is 0 Å². The van der Waals surface area contributed by atoms with E-state index in [-0.39, 0.29) is 11.3 Å². The molecule has 0 bridgehead atoms. The topological polar surface area (TPSA) is 47.1 Å². The van der Waals surface area contributed by atoms with E-state index < -0.39 is 6.43 Å². The molecular weight excluding hydrogens is 266 g/mol. The first-order valence-corrected chi connectivity index (χ1v) is 6.30. The number of rotatable bonds is 6. The Morgan fingerprint density at radius 1 is 1.20 bits per heavy atom. The van der Waals surface area contributed by atoms with E-state index in [1.165, 1.54) is 6.20 Å². The summed E-state index contributed by atoms with van der Waals surface area (Å²) in [5.74, 6) is 0.892. The Morgan fingerprint density at radius 3 is 2.30 bits per heavy atom. The van der Waals surface area contributed by atoms with Crippen molar-refractivity contribution in [2.75, 3.05) is 13.2 Å². The van der Waals surface area contributed by atoms with Crippen LogP contribution in [0, 0.1) is 6.07 Å². The molecule has 0 aliphatic heterocycles. The minimum absolute atomic E-state index is 0.279. The molecule has 0 saturated carbocycles. The van der Waals surface area contributed by atoms with Crippen LogP contribution in [0.2, 0.25) is 0 Å². The Labute approximate surface area is 115 Å². The molecule has 2 rings (SSSR count).